The number of piperidine rings is 1. The van der Waals surface area contributed by atoms with E-state index >= 15 is 0 Å². The molecule has 2 aliphatic carbocycles. The number of aromatic hydroxyl groups is 1. The van der Waals surface area contributed by atoms with Gasteiger partial charge >= 0.3 is 5.97 Å². The summed E-state index contributed by atoms with van der Waals surface area (Å²) in [6.45, 7) is 3.53. The fourth-order valence-electron chi connectivity index (χ4n) is 4.94. The van der Waals surface area contributed by atoms with Gasteiger partial charge in [-0.3, -0.25) is 4.79 Å². The minimum Gasteiger partial charge on any atom is -0.506 e. The van der Waals surface area contributed by atoms with Crippen LogP contribution in [-0.4, -0.2) is 39.9 Å². The fourth-order valence-corrected chi connectivity index (χ4v) is 5.36. The van der Waals surface area contributed by atoms with Crippen molar-refractivity contribution in [2.75, 3.05) is 18.0 Å². The number of hydrogen-bond donors (Lipinski definition) is 3. The van der Waals surface area contributed by atoms with Crippen LogP contribution in [0.2, 0.25) is 5.02 Å². The first-order chi connectivity index (χ1) is 13.7. The van der Waals surface area contributed by atoms with Gasteiger partial charge < -0.3 is 25.4 Å². The standard InChI is InChI=1S/C21H24ClN3O4/c1-10-14(23)8-24(9-21(10)4-5-21)18-15(26)6-12-17(16(18)22)25(11-2-3-11)7-13(19(12)27)20(28)29/h6-7,10-11,14,26H,2-5,8-9,23H2,1H3,(H,28,29)/t10-,14?/m1/s1. The second-order valence-corrected chi connectivity index (χ2v) is 9.34. The van der Waals surface area contributed by atoms with Crippen LogP contribution in [0.1, 0.15) is 49.0 Å². The topological polar surface area (TPSA) is 109 Å². The third kappa shape index (κ3) is 2.74. The number of halogens is 1. The van der Waals surface area contributed by atoms with Crippen molar-refractivity contribution in [3.8, 4) is 5.75 Å². The lowest BCUT2D eigenvalue weighted by atomic mass is 9.80. The number of pyridine rings is 1. The van der Waals surface area contributed by atoms with Gasteiger partial charge in [-0.1, -0.05) is 18.5 Å². The molecule has 29 heavy (non-hydrogen) atoms. The molecule has 2 heterocycles. The Balaban J connectivity index is 1.72. The minimum atomic E-state index is -1.28. The van der Waals surface area contributed by atoms with E-state index in [1.165, 1.54) is 12.3 Å². The van der Waals surface area contributed by atoms with Crippen LogP contribution in [0, 0.1) is 11.3 Å². The van der Waals surface area contributed by atoms with Crippen molar-refractivity contribution >= 4 is 34.2 Å². The van der Waals surface area contributed by atoms with E-state index in [4.69, 9.17) is 17.3 Å². The van der Waals surface area contributed by atoms with Gasteiger partial charge in [-0.15, -0.1) is 0 Å². The first-order valence-electron chi connectivity index (χ1n) is 10.1. The van der Waals surface area contributed by atoms with Crippen LogP contribution >= 0.6 is 11.6 Å². The maximum Gasteiger partial charge on any atom is 0.341 e. The molecule has 3 aliphatic rings. The van der Waals surface area contributed by atoms with Crippen molar-refractivity contribution in [3.05, 3.63) is 33.1 Å². The van der Waals surface area contributed by atoms with Crippen molar-refractivity contribution in [2.45, 2.75) is 44.7 Å². The summed E-state index contributed by atoms with van der Waals surface area (Å²) in [6.07, 6.45) is 5.42. The van der Waals surface area contributed by atoms with Gasteiger partial charge in [0.25, 0.3) is 0 Å². The zero-order valence-corrected chi connectivity index (χ0v) is 16.9. The molecule has 1 saturated heterocycles. The number of phenolic OH excluding ortho intramolecular Hbond substituents is 1. The van der Waals surface area contributed by atoms with E-state index in [-0.39, 0.29) is 34.2 Å². The van der Waals surface area contributed by atoms with E-state index < -0.39 is 11.4 Å². The van der Waals surface area contributed by atoms with Crippen LogP contribution < -0.4 is 16.1 Å². The largest absolute Gasteiger partial charge is 0.506 e. The number of carboxylic acids is 1. The van der Waals surface area contributed by atoms with Gasteiger partial charge in [-0.25, -0.2) is 4.79 Å². The summed E-state index contributed by atoms with van der Waals surface area (Å²) in [4.78, 5) is 26.4. The molecule has 0 radical (unpaired) electrons. The van der Waals surface area contributed by atoms with Gasteiger partial charge in [0.15, 0.2) is 0 Å². The Morgan fingerprint density at radius 2 is 2.03 bits per heavy atom. The Hall–Kier alpha value is -2.25. The number of rotatable bonds is 3. The number of carboxylic acid groups (broad SMARTS) is 1. The maximum absolute atomic E-state index is 12.8. The highest BCUT2D eigenvalue weighted by atomic mass is 35.5. The molecule has 3 fully saturated rings. The Kier molecular flexibility index (Phi) is 3.96. The molecule has 2 saturated carbocycles. The number of benzene rings is 1. The molecule has 0 amide bonds. The molecule has 7 nitrogen and oxygen atoms in total. The SMILES string of the molecule is C[C@@H]1C(N)CN(c2c(O)cc3c(=O)c(C(=O)O)cn(C4CC4)c3c2Cl)CC12CC2. The molecule has 1 aromatic carbocycles. The van der Waals surface area contributed by atoms with Gasteiger partial charge in [0.1, 0.15) is 17.0 Å². The molecular weight excluding hydrogens is 394 g/mol. The van der Waals surface area contributed by atoms with Gasteiger partial charge in [-0.05, 0) is 43.1 Å². The molecule has 5 rings (SSSR count). The summed E-state index contributed by atoms with van der Waals surface area (Å²) in [6, 6.07) is 1.45. The molecule has 1 aromatic heterocycles. The molecule has 0 bridgehead atoms. The number of aromatic carboxylic acids is 1. The van der Waals surface area contributed by atoms with E-state index in [2.05, 4.69) is 6.92 Å². The number of aromatic nitrogens is 1. The van der Waals surface area contributed by atoms with Crippen LogP contribution in [0.5, 0.6) is 5.75 Å². The smallest absolute Gasteiger partial charge is 0.341 e. The van der Waals surface area contributed by atoms with Crippen LogP contribution in [0.25, 0.3) is 10.9 Å². The zero-order chi connectivity index (χ0) is 20.7. The van der Waals surface area contributed by atoms with E-state index in [0.717, 1.165) is 32.2 Å². The number of nitrogens with zero attached hydrogens (tertiary/aromatic N) is 2. The van der Waals surface area contributed by atoms with E-state index in [0.29, 0.717) is 28.7 Å². The van der Waals surface area contributed by atoms with Crippen LogP contribution in [-0.2, 0) is 0 Å². The van der Waals surface area contributed by atoms with Crippen molar-refractivity contribution in [2.24, 2.45) is 17.1 Å². The number of nitrogens with two attached hydrogens (primary N) is 1. The summed E-state index contributed by atoms with van der Waals surface area (Å²) in [7, 11) is 0. The third-order valence-electron chi connectivity index (χ3n) is 7.13. The summed E-state index contributed by atoms with van der Waals surface area (Å²) in [5.41, 5.74) is 6.62. The summed E-state index contributed by atoms with van der Waals surface area (Å²) < 4.78 is 1.80. The first kappa shape index (κ1) is 18.8. The average Bonchev–Trinajstić information content (AvgIpc) is 3.56. The molecule has 154 valence electrons. The van der Waals surface area contributed by atoms with Crippen molar-refractivity contribution in [3.63, 3.8) is 0 Å². The lowest BCUT2D eigenvalue weighted by molar-refractivity contribution is 0.0695. The number of phenols is 1. The number of fused-ring (bicyclic) bond motifs is 1. The molecule has 1 unspecified atom stereocenters. The zero-order valence-electron chi connectivity index (χ0n) is 16.2. The van der Waals surface area contributed by atoms with E-state index in [1.807, 2.05) is 4.90 Å². The van der Waals surface area contributed by atoms with Gasteiger partial charge in [0.05, 0.1) is 15.9 Å². The Morgan fingerprint density at radius 3 is 2.62 bits per heavy atom. The highest BCUT2D eigenvalue weighted by Gasteiger charge is 2.53. The Bertz CT molecular complexity index is 1100. The Morgan fingerprint density at radius 1 is 1.34 bits per heavy atom. The van der Waals surface area contributed by atoms with E-state index in [9.17, 15) is 19.8 Å². The highest BCUT2D eigenvalue weighted by Crippen LogP contribution is 2.57. The van der Waals surface area contributed by atoms with Gasteiger partial charge in [0, 0.05) is 31.4 Å². The molecule has 2 aromatic rings. The molecule has 8 heteroatoms. The van der Waals surface area contributed by atoms with Crippen molar-refractivity contribution in [1.29, 1.82) is 0 Å². The summed E-state index contributed by atoms with van der Waals surface area (Å²) in [5, 5.41) is 20.7. The molecule has 2 atom stereocenters. The second-order valence-electron chi connectivity index (χ2n) is 8.97. The Labute approximate surface area is 172 Å². The maximum atomic E-state index is 12.8. The summed E-state index contributed by atoms with van der Waals surface area (Å²) >= 11 is 6.81. The lowest BCUT2D eigenvalue weighted by Crippen LogP contribution is -2.53. The van der Waals surface area contributed by atoms with Crippen LogP contribution in [0.15, 0.2) is 17.1 Å². The lowest BCUT2D eigenvalue weighted by Gasteiger charge is -2.43. The molecule has 4 N–H and O–H groups in total. The van der Waals surface area contributed by atoms with Crippen molar-refractivity contribution in [1.82, 2.24) is 4.57 Å². The highest BCUT2D eigenvalue weighted by molar-refractivity contribution is 6.38. The first-order valence-corrected chi connectivity index (χ1v) is 10.5. The van der Waals surface area contributed by atoms with Crippen molar-refractivity contribution < 1.29 is 15.0 Å². The number of anilines is 1. The van der Waals surface area contributed by atoms with Crippen LogP contribution in [0.3, 0.4) is 0 Å². The minimum absolute atomic E-state index is 0.0302. The molecular formula is C21H24ClN3O4. The quantitative estimate of drug-likeness (QED) is 0.708. The van der Waals surface area contributed by atoms with E-state index in [1.54, 1.807) is 4.57 Å². The van der Waals surface area contributed by atoms with Crippen LogP contribution in [0.4, 0.5) is 5.69 Å². The third-order valence-corrected chi connectivity index (χ3v) is 7.49. The normalized spacial score (nSPS) is 25.6. The fraction of sp³-hybridized carbons (Fsp3) is 0.524. The van der Waals surface area contributed by atoms with Gasteiger partial charge in [-0.2, -0.15) is 0 Å². The molecule has 1 aliphatic heterocycles. The van der Waals surface area contributed by atoms with Gasteiger partial charge in [0.2, 0.25) is 5.43 Å². The monoisotopic (exact) mass is 417 g/mol. The predicted molar refractivity (Wildman–Crippen MR) is 111 cm³/mol. The number of hydrogen-bond acceptors (Lipinski definition) is 5. The summed E-state index contributed by atoms with van der Waals surface area (Å²) in [5.74, 6) is -0.984. The second kappa shape index (κ2) is 6.12. The molecule has 1 spiro atoms. The predicted octanol–water partition coefficient (Wildman–Crippen LogP) is 2.96. The number of carbonyl (C=O) groups is 1. The average molecular weight is 418 g/mol.